The average Bonchev–Trinajstić information content (AvgIpc) is 2.41. The molecule has 1 heterocycles. The van der Waals surface area contributed by atoms with E-state index in [-0.39, 0.29) is 17.4 Å². The number of hydrogen-bond acceptors (Lipinski definition) is 4. The van der Waals surface area contributed by atoms with Gasteiger partial charge in [-0.05, 0) is 25.5 Å². The Labute approximate surface area is 111 Å². The first-order valence-electron chi connectivity index (χ1n) is 6.53. The van der Waals surface area contributed by atoms with Crippen molar-refractivity contribution >= 4 is 11.4 Å². The van der Waals surface area contributed by atoms with E-state index in [2.05, 4.69) is 17.1 Å². The van der Waals surface area contributed by atoms with Crippen LogP contribution < -0.4 is 5.32 Å². The summed E-state index contributed by atoms with van der Waals surface area (Å²) in [6, 6.07) is 4.03. The lowest BCUT2D eigenvalue weighted by molar-refractivity contribution is -0.384. The minimum atomic E-state index is -0.563. The summed E-state index contributed by atoms with van der Waals surface area (Å²) < 4.78 is 13.7. The zero-order valence-corrected chi connectivity index (χ0v) is 10.9. The van der Waals surface area contributed by atoms with Gasteiger partial charge in [-0.1, -0.05) is 13.0 Å². The van der Waals surface area contributed by atoms with Crippen LogP contribution in [0.5, 0.6) is 0 Å². The molecule has 0 aliphatic carbocycles. The second-order valence-corrected chi connectivity index (χ2v) is 4.74. The molecule has 0 atom stereocenters. The molecule has 0 unspecified atom stereocenters. The molecule has 0 radical (unpaired) electrons. The van der Waals surface area contributed by atoms with Crippen LogP contribution in [0.3, 0.4) is 0 Å². The Morgan fingerprint density at radius 1 is 1.47 bits per heavy atom. The Morgan fingerprint density at radius 3 is 2.74 bits per heavy atom. The third-order valence-electron chi connectivity index (χ3n) is 3.57. The van der Waals surface area contributed by atoms with Crippen molar-refractivity contribution in [1.29, 1.82) is 0 Å². The van der Waals surface area contributed by atoms with Crippen LogP contribution >= 0.6 is 0 Å². The van der Waals surface area contributed by atoms with Gasteiger partial charge < -0.3 is 10.2 Å². The van der Waals surface area contributed by atoms with Gasteiger partial charge >= 0.3 is 0 Å². The van der Waals surface area contributed by atoms with Gasteiger partial charge in [-0.3, -0.25) is 10.1 Å². The molecule has 0 saturated carbocycles. The molecular weight excluding hydrogens is 249 g/mol. The van der Waals surface area contributed by atoms with Gasteiger partial charge in [0.2, 0.25) is 0 Å². The molecule has 1 aromatic rings. The Hall–Kier alpha value is -1.69. The van der Waals surface area contributed by atoms with E-state index in [9.17, 15) is 14.5 Å². The van der Waals surface area contributed by atoms with E-state index >= 15 is 0 Å². The number of nitrogens with zero attached hydrogens (tertiary/aromatic N) is 2. The lowest BCUT2D eigenvalue weighted by Gasteiger charge is -2.31. The monoisotopic (exact) mass is 267 g/mol. The number of hydrogen-bond donors (Lipinski definition) is 1. The second-order valence-electron chi connectivity index (χ2n) is 4.74. The maximum absolute atomic E-state index is 13.7. The molecule has 1 aromatic carbocycles. The van der Waals surface area contributed by atoms with Crippen molar-refractivity contribution in [2.45, 2.75) is 25.8 Å². The van der Waals surface area contributed by atoms with Crippen LogP contribution in [0.4, 0.5) is 15.8 Å². The number of nitro groups is 1. The van der Waals surface area contributed by atoms with Gasteiger partial charge in [-0.15, -0.1) is 0 Å². The quantitative estimate of drug-likeness (QED) is 0.673. The van der Waals surface area contributed by atoms with Gasteiger partial charge in [0.05, 0.1) is 4.92 Å². The highest BCUT2D eigenvalue weighted by atomic mass is 19.1. The van der Waals surface area contributed by atoms with E-state index in [0.717, 1.165) is 32.5 Å². The van der Waals surface area contributed by atoms with Crippen molar-refractivity contribution in [2.75, 3.05) is 25.0 Å². The summed E-state index contributed by atoms with van der Waals surface area (Å²) in [5, 5.41) is 13.9. The Balaban J connectivity index is 2.09. The highest BCUT2D eigenvalue weighted by Crippen LogP contribution is 2.29. The lowest BCUT2D eigenvalue weighted by atomic mass is 10.0. The molecule has 1 saturated heterocycles. The fourth-order valence-corrected chi connectivity index (χ4v) is 2.41. The van der Waals surface area contributed by atoms with Crippen molar-refractivity contribution in [3.05, 3.63) is 34.1 Å². The molecule has 19 heavy (non-hydrogen) atoms. The summed E-state index contributed by atoms with van der Waals surface area (Å²) in [4.78, 5) is 12.7. The molecule has 2 rings (SSSR count). The fraction of sp³-hybridized carbons (Fsp3) is 0.538. The molecule has 0 amide bonds. The van der Waals surface area contributed by atoms with Gasteiger partial charge in [-0.2, -0.15) is 0 Å². The van der Waals surface area contributed by atoms with Crippen LogP contribution in [0, 0.1) is 15.9 Å². The molecular formula is C13H18FN3O2. The van der Waals surface area contributed by atoms with Gasteiger partial charge in [0.15, 0.2) is 5.82 Å². The molecule has 0 aromatic heterocycles. The molecule has 0 bridgehead atoms. The third-order valence-corrected chi connectivity index (χ3v) is 3.57. The van der Waals surface area contributed by atoms with Crippen LogP contribution in [0.15, 0.2) is 18.2 Å². The number of halogens is 1. The second kappa shape index (κ2) is 5.97. The minimum Gasteiger partial charge on any atom is -0.374 e. The van der Waals surface area contributed by atoms with Gasteiger partial charge in [0.25, 0.3) is 5.69 Å². The first-order chi connectivity index (χ1) is 9.11. The molecule has 1 N–H and O–H groups in total. The Bertz CT molecular complexity index is 459. The first kappa shape index (κ1) is 13.7. The molecule has 104 valence electrons. The predicted molar refractivity (Wildman–Crippen MR) is 71.8 cm³/mol. The summed E-state index contributed by atoms with van der Waals surface area (Å²) in [5.41, 5.74) is -0.180. The first-order valence-corrected chi connectivity index (χ1v) is 6.53. The standard InChI is InChI=1S/C13H18FN3O2/c1-2-16-8-6-10(7-9-16)15-13-11(14)4-3-5-12(13)17(18)19/h3-5,10,15H,2,6-9H2,1H3. The van der Waals surface area contributed by atoms with Crippen LogP contribution in [-0.4, -0.2) is 35.5 Å². The van der Waals surface area contributed by atoms with Crippen molar-refractivity contribution in [3.8, 4) is 0 Å². The number of anilines is 1. The Kier molecular flexibility index (Phi) is 4.31. The summed E-state index contributed by atoms with van der Waals surface area (Å²) >= 11 is 0. The average molecular weight is 267 g/mol. The molecule has 5 nitrogen and oxygen atoms in total. The maximum Gasteiger partial charge on any atom is 0.295 e. The van der Waals surface area contributed by atoms with E-state index in [4.69, 9.17) is 0 Å². The number of para-hydroxylation sites is 1. The lowest BCUT2D eigenvalue weighted by Crippen LogP contribution is -2.39. The van der Waals surface area contributed by atoms with Crippen LogP contribution in [0.25, 0.3) is 0 Å². The number of nitrogens with one attached hydrogen (secondary N) is 1. The van der Waals surface area contributed by atoms with Crippen LogP contribution in [-0.2, 0) is 0 Å². The summed E-state index contributed by atoms with van der Waals surface area (Å²) in [6.45, 7) is 4.99. The predicted octanol–water partition coefficient (Wildman–Crippen LogP) is 2.63. The third kappa shape index (κ3) is 3.20. The summed E-state index contributed by atoms with van der Waals surface area (Å²) in [6.07, 6.45) is 1.75. The van der Waals surface area contributed by atoms with E-state index in [1.807, 2.05) is 0 Å². The maximum atomic E-state index is 13.7. The number of rotatable bonds is 4. The van der Waals surface area contributed by atoms with Crippen molar-refractivity contribution in [3.63, 3.8) is 0 Å². The van der Waals surface area contributed by atoms with E-state index in [1.165, 1.54) is 18.2 Å². The topological polar surface area (TPSA) is 58.4 Å². The van der Waals surface area contributed by atoms with Crippen molar-refractivity contribution < 1.29 is 9.31 Å². The van der Waals surface area contributed by atoms with Crippen molar-refractivity contribution in [2.24, 2.45) is 0 Å². The number of piperidine rings is 1. The highest BCUT2D eigenvalue weighted by Gasteiger charge is 2.23. The van der Waals surface area contributed by atoms with E-state index in [1.54, 1.807) is 0 Å². The van der Waals surface area contributed by atoms with Gasteiger partial charge in [0.1, 0.15) is 5.69 Å². The highest BCUT2D eigenvalue weighted by molar-refractivity contribution is 5.62. The zero-order chi connectivity index (χ0) is 13.8. The number of benzene rings is 1. The van der Waals surface area contributed by atoms with Gasteiger partial charge in [-0.25, -0.2) is 4.39 Å². The van der Waals surface area contributed by atoms with Crippen LogP contribution in [0.2, 0.25) is 0 Å². The summed E-state index contributed by atoms with van der Waals surface area (Å²) in [5.74, 6) is -0.563. The van der Waals surface area contributed by atoms with E-state index < -0.39 is 10.7 Å². The Morgan fingerprint density at radius 2 is 2.16 bits per heavy atom. The SMILES string of the molecule is CCN1CCC(Nc2c(F)cccc2[N+](=O)[O-])CC1. The molecule has 1 aliphatic heterocycles. The normalized spacial score (nSPS) is 17.4. The molecule has 6 heteroatoms. The minimum absolute atomic E-state index is 0.0162. The smallest absolute Gasteiger partial charge is 0.295 e. The number of nitro benzene ring substituents is 1. The summed E-state index contributed by atoms with van der Waals surface area (Å²) in [7, 11) is 0. The largest absolute Gasteiger partial charge is 0.374 e. The van der Waals surface area contributed by atoms with Crippen molar-refractivity contribution in [1.82, 2.24) is 4.90 Å². The molecule has 1 aliphatic rings. The molecule has 0 spiro atoms. The number of likely N-dealkylation sites (tertiary alicyclic amines) is 1. The van der Waals surface area contributed by atoms with E-state index in [0.29, 0.717) is 0 Å². The fourth-order valence-electron chi connectivity index (χ4n) is 2.41. The molecule has 1 fully saturated rings. The van der Waals surface area contributed by atoms with Gasteiger partial charge in [0, 0.05) is 25.2 Å². The van der Waals surface area contributed by atoms with Crippen LogP contribution in [0.1, 0.15) is 19.8 Å². The zero-order valence-electron chi connectivity index (χ0n) is 10.9.